The maximum atomic E-state index is 13.2. The zero-order valence-electron chi connectivity index (χ0n) is 17.8. The van der Waals surface area contributed by atoms with Gasteiger partial charge in [-0.3, -0.25) is 19.1 Å². The van der Waals surface area contributed by atoms with E-state index in [0.29, 0.717) is 11.4 Å². The van der Waals surface area contributed by atoms with E-state index in [-0.39, 0.29) is 33.2 Å². The Labute approximate surface area is 199 Å². The SMILES string of the molecule is COc1cc(Cl)c(-n2cnc(N)c(C(=O)Nc3cncc([C@@H]4CCCCN4)c3)c2=O)c(Cl)c1. The number of carbonyl (C=O) groups excluding carboxylic acids is 1. The number of nitrogens with two attached hydrogens (primary N) is 1. The third kappa shape index (κ3) is 4.80. The van der Waals surface area contributed by atoms with Crippen LogP contribution in [0, 0.1) is 0 Å². The van der Waals surface area contributed by atoms with Crippen molar-refractivity contribution in [3.8, 4) is 11.4 Å². The number of rotatable bonds is 5. The molecule has 3 heterocycles. The molecule has 1 atom stereocenters. The number of nitrogen functional groups attached to an aromatic ring is 1. The number of hydrogen-bond donors (Lipinski definition) is 3. The third-order valence-electron chi connectivity index (χ3n) is 5.43. The summed E-state index contributed by atoms with van der Waals surface area (Å²) in [5, 5.41) is 6.44. The Morgan fingerprint density at radius 2 is 2.00 bits per heavy atom. The first-order valence-corrected chi connectivity index (χ1v) is 11.0. The van der Waals surface area contributed by atoms with Gasteiger partial charge in [-0.25, -0.2) is 4.98 Å². The van der Waals surface area contributed by atoms with Crippen molar-refractivity contribution < 1.29 is 9.53 Å². The number of nitrogens with zero attached hydrogens (tertiary/aromatic N) is 3. The molecule has 1 aliphatic heterocycles. The summed E-state index contributed by atoms with van der Waals surface area (Å²) in [4.78, 5) is 34.5. The van der Waals surface area contributed by atoms with Crippen LogP contribution in [0.2, 0.25) is 10.0 Å². The minimum Gasteiger partial charge on any atom is -0.497 e. The van der Waals surface area contributed by atoms with E-state index < -0.39 is 11.5 Å². The summed E-state index contributed by atoms with van der Waals surface area (Å²) >= 11 is 12.6. The van der Waals surface area contributed by atoms with Crippen LogP contribution in [0.15, 0.2) is 41.7 Å². The molecule has 0 spiro atoms. The van der Waals surface area contributed by atoms with Gasteiger partial charge in [-0.15, -0.1) is 0 Å². The van der Waals surface area contributed by atoms with Crippen molar-refractivity contribution in [2.75, 3.05) is 24.7 Å². The fourth-order valence-corrected chi connectivity index (χ4v) is 4.43. The number of hydrogen-bond acceptors (Lipinski definition) is 7. The van der Waals surface area contributed by atoms with E-state index in [2.05, 4.69) is 20.6 Å². The number of piperidine rings is 1. The first-order chi connectivity index (χ1) is 15.9. The largest absolute Gasteiger partial charge is 0.497 e. The summed E-state index contributed by atoms with van der Waals surface area (Å²) in [5.74, 6) is -0.508. The van der Waals surface area contributed by atoms with Gasteiger partial charge in [0, 0.05) is 24.4 Å². The maximum Gasteiger partial charge on any atom is 0.273 e. The highest BCUT2D eigenvalue weighted by Gasteiger charge is 2.22. The van der Waals surface area contributed by atoms with E-state index in [0.717, 1.165) is 35.9 Å². The molecule has 4 N–H and O–H groups in total. The highest BCUT2D eigenvalue weighted by atomic mass is 35.5. The van der Waals surface area contributed by atoms with Gasteiger partial charge in [0.1, 0.15) is 23.5 Å². The van der Waals surface area contributed by atoms with Crippen LogP contribution in [-0.4, -0.2) is 34.1 Å². The van der Waals surface area contributed by atoms with Gasteiger partial charge in [-0.2, -0.15) is 0 Å². The van der Waals surface area contributed by atoms with Crippen molar-refractivity contribution in [1.82, 2.24) is 19.9 Å². The molecule has 33 heavy (non-hydrogen) atoms. The molecule has 0 aliphatic carbocycles. The topological polar surface area (TPSA) is 124 Å². The maximum absolute atomic E-state index is 13.2. The lowest BCUT2D eigenvalue weighted by atomic mass is 9.99. The lowest BCUT2D eigenvalue weighted by Crippen LogP contribution is -2.31. The van der Waals surface area contributed by atoms with E-state index >= 15 is 0 Å². The summed E-state index contributed by atoms with van der Waals surface area (Å²) in [6, 6.07) is 5.00. The van der Waals surface area contributed by atoms with Gasteiger partial charge in [-0.1, -0.05) is 29.6 Å². The van der Waals surface area contributed by atoms with Gasteiger partial charge in [0.05, 0.1) is 34.7 Å². The van der Waals surface area contributed by atoms with E-state index in [9.17, 15) is 9.59 Å². The second-order valence-electron chi connectivity index (χ2n) is 7.58. The summed E-state index contributed by atoms with van der Waals surface area (Å²) in [7, 11) is 1.47. The Morgan fingerprint density at radius 1 is 1.24 bits per heavy atom. The number of methoxy groups -OCH3 is 1. The second-order valence-corrected chi connectivity index (χ2v) is 8.40. The van der Waals surface area contributed by atoms with Crippen molar-refractivity contribution >= 4 is 40.6 Å². The monoisotopic (exact) mass is 488 g/mol. The number of nitrogens with one attached hydrogen (secondary N) is 2. The summed E-state index contributed by atoms with van der Waals surface area (Å²) < 4.78 is 6.21. The number of benzene rings is 1. The van der Waals surface area contributed by atoms with Crippen LogP contribution < -0.4 is 26.7 Å². The van der Waals surface area contributed by atoms with Gasteiger partial charge in [0.2, 0.25) is 0 Å². The van der Waals surface area contributed by atoms with Crippen LogP contribution in [0.5, 0.6) is 5.75 Å². The van der Waals surface area contributed by atoms with Crippen LogP contribution in [0.1, 0.15) is 41.2 Å². The molecule has 1 aromatic carbocycles. The Kier molecular flexibility index (Phi) is 6.83. The molecule has 0 radical (unpaired) electrons. The molecule has 1 fully saturated rings. The predicted molar refractivity (Wildman–Crippen MR) is 128 cm³/mol. The molecule has 0 saturated carbocycles. The van der Waals surface area contributed by atoms with E-state index in [1.807, 2.05) is 6.07 Å². The summed E-state index contributed by atoms with van der Waals surface area (Å²) in [6.07, 6.45) is 7.68. The Hall–Kier alpha value is -3.14. The molecule has 0 unspecified atom stereocenters. The Morgan fingerprint density at radius 3 is 2.67 bits per heavy atom. The molecule has 172 valence electrons. The smallest absolute Gasteiger partial charge is 0.273 e. The number of amides is 1. The van der Waals surface area contributed by atoms with Crippen molar-refractivity contribution in [1.29, 1.82) is 0 Å². The number of halogens is 2. The highest BCUT2D eigenvalue weighted by molar-refractivity contribution is 6.38. The van der Waals surface area contributed by atoms with E-state index in [1.54, 1.807) is 6.20 Å². The van der Waals surface area contributed by atoms with Crippen LogP contribution in [-0.2, 0) is 0 Å². The highest BCUT2D eigenvalue weighted by Crippen LogP contribution is 2.32. The molecule has 9 nitrogen and oxygen atoms in total. The van der Waals surface area contributed by atoms with Crippen molar-refractivity contribution in [2.45, 2.75) is 25.3 Å². The van der Waals surface area contributed by atoms with Gasteiger partial charge in [0.25, 0.3) is 11.5 Å². The quantitative estimate of drug-likeness (QED) is 0.500. The van der Waals surface area contributed by atoms with Crippen LogP contribution in [0.3, 0.4) is 0 Å². The number of pyridine rings is 1. The molecule has 1 aliphatic rings. The van der Waals surface area contributed by atoms with Crippen LogP contribution >= 0.6 is 23.2 Å². The van der Waals surface area contributed by atoms with E-state index in [4.69, 9.17) is 33.7 Å². The van der Waals surface area contributed by atoms with Gasteiger partial charge in [0.15, 0.2) is 0 Å². The first-order valence-electron chi connectivity index (χ1n) is 10.3. The fourth-order valence-electron chi connectivity index (χ4n) is 3.78. The molecule has 1 amide bonds. The van der Waals surface area contributed by atoms with Crippen LogP contribution in [0.25, 0.3) is 5.69 Å². The minimum atomic E-state index is -0.716. The standard InChI is InChI=1S/C22H22Cl2N6O3/c1-33-14-7-15(23)19(16(24)8-14)30-11-28-20(25)18(22(30)32)21(31)29-13-6-12(9-26-10-13)17-4-2-3-5-27-17/h6-11,17,27H,2-5,25H2,1H3,(H,29,31)/t17-/m0/s1. The fraction of sp³-hybridized carbons (Fsp3) is 0.273. The first kappa shape index (κ1) is 23.0. The molecular weight excluding hydrogens is 467 g/mol. The lowest BCUT2D eigenvalue weighted by molar-refractivity contribution is 0.102. The lowest BCUT2D eigenvalue weighted by Gasteiger charge is -2.23. The zero-order valence-corrected chi connectivity index (χ0v) is 19.3. The molecule has 0 bridgehead atoms. The number of ether oxygens (including phenoxy) is 1. The average molecular weight is 489 g/mol. The number of aromatic nitrogens is 3. The molecule has 3 aromatic rings. The molecule has 4 rings (SSSR count). The summed E-state index contributed by atoms with van der Waals surface area (Å²) in [6.45, 7) is 0.934. The van der Waals surface area contributed by atoms with Gasteiger partial charge >= 0.3 is 0 Å². The normalized spacial score (nSPS) is 15.8. The number of anilines is 2. The number of carbonyl (C=O) groups is 1. The van der Waals surface area contributed by atoms with Crippen molar-refractivity contribution in [2.24, 2.45) is 0 Å². The zero-order chi connectivity index (χ0) is 23.5. The molecule has 2 aromatic heterocycles. The van der Waals surface area contributed by atoms with Crippen molar-refractivity contribution in [3.63, 3.8) is 0 Å². The average Bonchev–Trinajstić information content (AvgIpc) is 2.80. The Balaban J connectivity index is 1.67. The molecule has 11 heteroatoms. The third-order valence-corrected chi connectivity index (χ3v) is 6.00. The predicted octanol–water partition coefficient (Wildman–Crippen LogP) is 3.59. The Bertz CT molecular complexity index is 1230. The molecule has 1 saturated heterocycles. The minimum absolute atomic E-state index is 0.149. The van der Waals surface area contributed by atoms with Gasteiger partial charge in [-0.05, 0) is 31.0 Å². The summed E-state index contributed by atoms with van der Waals surface area (Å²) in [5.41, 5.74) is 6.41. The van der Waals surface area contributed by atoms with Gasteiger partial charge < -0.3 is 21.1 Å². The molecular formula is C22H22Cl2N6O3. The van der Waals surface area contributed by atoms with Crippen molar-refractivity contribution in [3.05, 3.63) is 68.4 Å². The second kappa shape index (κ2) is 9.78. The van der Waals surface area contributed by atoms with Crippen LogP contribution in [0.4, 0.5) is 11.5 Å². The van der Waals surface area contributed by atoms with E-state index in [1.165, 1.54) is 31.8 Å².